The highest BCUT2D eigenvalue weighted by molar-refractivity contribution is 6.36. The molecule has 0 unspecified atom stereocenters. The second-order valence-corrected chi connectivity index (χ2v) is 5.63. The van der Waals surface area contributed by atoms with Crippen LogP contribution in [0.5, 0.6) is 0 Å². The van der Waals surface area contributed by atoms with E-state index in [1.54, 1.807) is 0 Å². The van der Waals surface area contributed by atoms with E-state index in [-0.39, 0.29) is 5.54 Å². The topological polar surface area (TPSA) is 26.0 Å². The highest BCUT2D eigenvalue weighted by Crippen LogP contribution is 2.49. The summed E-state index contributed by atoms with van der Waals surface area (Å²) in [5, 5.41) is 1.40. The first-order chi connectivity index (χ1) is 7.57. The normalized spacial score (nSPS) is 28.9. The summed E-state index contributed by atoms with van der Waals surface area (Å²) < 4.78 is 0. The molecule has 0 aliphatic heterocycles. The summed E-state index contributed by atoms with van der Waals surface area (Å²) in [6.07, 6.45) is 4.48. The van der Waals surface area contributed by atoms with Crippen molar-refractivity contribution in [2.45, 2.75) is 38.1 Å². The molecule has 0 saturated heterocycles. The molecule has 0 radical (unpaired) electrons. The predicted octanol–water partition coefficient (Wildman–Crippen LogP) is 4.36. The summed E-state index contributed by atoms with van der Waals surface area (Å²) in [4.78, 5) is 0. The molecule has 16 heavy (non-hydrogen) atoms. The number of nitrogens with two attached hydrogens (primary N) is 1. The first-order valence-electron chi connectivity index (χ1n) is 5.80. The van der Waals surface area contributed by atoms with Gasteiger partial charge in [0.05, 0.1) is 0 Å². The van der Waals surface area contributed by atoms with Gasteiger partial charge in [-0.15, -0.1) is 0 Å². The number of halogens is 2. The average Bonchev–Trinajstić information content (AvgIpc) is 2.15. The lowest BCUT2D eigenvalue weighted by Crippen LogP contribution is -2.49. The summed E-state index contributed by atoms with van der Waals surface area (Å²) in [6.45, 7) is 2.21. The molecule has 0 amide bonds. The van der Waals surface area contributed by atoms with Crippen LogP contribution in [0.2, 0.25) is 10.0 Å². The van der Waals surface area contributed by atoms with Crippen LogP contribution in [0.15, 0.2) is 18.2 Å². The number of rotatable bonds is 3. The van der Waals surface area contributed by atoms with Gasteiger partial charge in [-0.3, -0.25) is 0 Å². The molecule has 0 heterocycles. The first kappa shape index (κ1) is 12.2. The molecular weight excluding hydrogens is 241 g/mol. The van der Waals surface area contributed by atoms with E-state index in [0.29, 0.717) is 10.0 Å². The Bertz CT molecular complexity index is 363. The molecule has 1 aromatic rings. The van der Waals surface area contributed by atoms with Gasteiger partial charge in [0.25, 0.3) is 0 Å². The van der Waals surface area contributed by atoms with E-state index in [0.717, 1.165) is 24.3 Å². The van der Waals surface area contributed by atoms with E-state index >= 15 is 0 Å². The van der Waals surface area contributed by atoms with Gasteiger partial charge in [-0.2, -0.15) is 0 Å². The zero-order valence-corrected chi connectivity index (χ0v) is 11.0. The van der Waals surface area contributed by atoms with E-state index in [1.165, 1.54) is 12.8 Å². The summed E-state index contributed by atoms with van der Waals surface area (Å²) in [5.41, 5.74) is 7.02. The van der Waals surface area contributed by atoms with Gasteiger partial charge in [0, 0.05) is 21.1 Å². The number of hydrogen-bond donors (Lipinski definition) is 1. The highest BCUT2D eigenvalue weighted by Gasteiger charge is 2.43. The van der Waals surface area contributed by atoms with E-state index in [9.17, 15) is 0 Å². The Morgan fingerprint density at radius 1 is 1.31 bits per heavy atom. The van der Waals surface area contributed by atoms with E-state index in [2.05, 4.69) is 6.92 Å². The smallest absolute Gasteiger partial charge is 0.0471 e. The minimum atomic E-state index is -0.296. The van der Waals surface area contributed by atoms with Crippen LogP contribution in [-0.4, -0.2) is 0 Å². The summed E-state index contributed by atoms with van der Waals surface area (Å²) in [5.74, 6) is 0.738. The fourth-order valence-corrected chi connectivity index (χ4v) is 3.53. The molecule has 3 heteroatoms. The maximum atomic E-state index is 6.38. The van der Waals surface area contributed by atoms with Gasteiger partial charge in [0.15, 0.2) is 0 Å². The van der Waals surface area contributed by atoms with Gasteiger partial charge in [-0.25, -0.2) is 0 Å². The molecular formula is C13H17Cl2N. The molecule has 1 aliphatic rings. The van der Waals surface area contributed by atoms with Gasteiger partial charge in [-0.05, 0) is 30.9 Å². The SMILES string of the molecule is CCCC1CC(N)(c2c(Cl)cccc2Cl)C1. The molecule has 2 N–H and O–H groups in total. The Morgan fingerprint density at radius 2 is 1.88 bits per heavy atom. The lowest BCUT2D eigenvalue weighted by atomic mass is 9.64. The molecule has 0 bridgehead atoms. The lowest BCUT2D eigenvalue weighted by Gasteiger charge is -2.46. The third-order valence-electron chi connectivity index (χ3n) is 3.46. The number of benzene rings is 1. The highest BCUT2D eigenvalue weighted by atomic mass is 35.5. The Hall–Kier alpha value is -0.240. The third kappa shape index (κ3) is 2.09. The molecule has 0 atom stereocenters. The van der Waals surface area contributed by atoms with Gasteiger partial charge in [0.2, 0.25) is 0 Å². The van der Waals surface area contributed by atoms with Crippen molar-refractivity contribution in [1.29, 1.82) is 0 Å². The molecule has 1 aromatic carbocycles. The number of hydrogen-bond acceptors (Lipinski definition) is 1. The van der Waals surface area contributed by atoms with Gasteiger partial charge in [-0.1, -0.05) is 49.0 Å². The monoisotopic (exact) mass is 257 g/mol. The van der Waals surface area contributed by atoms with Crippen LogP contribution in [0, 0.1) is 5.92 Å². The quantitative estimate of drug-likeness (QED) is 0.856. The van der Waals surface area contributed by atoms with Gasteiger partial charge < -0.3 is 5.73 Å². The molecule has 0 spiro atoms. The zero-order valence-electron chi connectivity index (χ0n) is 9.47. The van der Waals surface area contributed by atoms with Crippen molar-refractivity contribution in [3.8, 4) is 0 Å². The van der Waals surface area contributed by atoms with Crippen molar-refractivity contribution in [2.75, 3.05) is 0 Å². The molecule has 0 aromatic heterocycles. The second-order valence-electron chi connectivity index (χ2n) is 4.82. The van der Waals surface area contributed by atoms with Crippen LogP contribution >= 0.6 is 23.2 Å². The third-order valence-corrected chi connectivity index (χ3v) is 4.09. The summed E-state index contributed by atoms with van der Waals surface area (Å²) in [7, 11) is 0. The Kier molecular flexibility index (Phi) is 3.48. The molecule has 1 fully saturated rings. The molecule has 1 aliphatic carbocycles. The largest absolute Gasteiger partial charge is 0.321 e. The van der Waals surface area contributed by atoms with Crippen molar-refractivity contribution in [2.24, 2.45) is 11.7 Å². The molecule has 2 rings (SSSR count). The minimum Gasteiger partial charge on any atom is -0.321 e. The zero-order chi connectivity index (χ0) is 11.8. The Labute approximate surface area is 107 Å². The fourth-order valence-electron chi connectivity index (χ4n) is 2.76. The van der Waals surface area contributed by atoms with Gasteiger partial charge in [0.1, 0.15) is 0 Å². The second kappa shape index (κ2) is 4.56. The van der Waals surface area contributed by atoms with Crippen molar-refractivity contribution < 1.29 is 0 Å². The van der Waals surface area contributed by atoms with Crippen molar-refractivity contribution in [3.63, 3.8) is 0 Å². The van der Waals surface area contributed by atoms with E-state index < -0.39 is 0 Å². The summed E-state index contributed by atoms with van der Waals surface area (Å²) >= 11 is 12.4. The van der Waals surface area contributed by atoms with Crippen LogP contribution in [0.3, 0.4) is 0 Å². The van der Waals surface area contributed by atoms with Crippen LogP contribution in [-0.2, 0) is 5.54 Å². The first-order valence-corrected chi connectivity index (χ1v) is 6.56. The van der Waals surface area contributed by atoms with Crippen molar-refractivity contribution in [3.05, 3.63) is 33.8 Å². The predicted molar refractivity (Wildman–Crippen MR) is 70.0 cm³/mol. The van der Waals surface area contributed by atoms with Crippen LogP contribution < -0.4 is 5.73 Å². The Balaban J connectivity index is 2.20. The summed E-state index contributed by atoms with van der Waals surface area (Å²) in [6, 6.07) is 5.59. The fraction of sp³-hybridized carbons (Fsp3) is 0.538. The maximum Gasteiger partial charge on any atom is 0.0471 e. The molecule has 88 valence electrons. The van der Waals surface area contributed by atoms with E-state index in [4.69, 9.17) is 28.9 Å². The van der Waals surface area contributed by atoms with Crippen LogP contribution in [0.1, 0.15) is 38.2 Å². The van der Waals surface area contributed by atoms with Crippen LogP contribution in [0.4, 0.5) is 0 Å². The van der Waals surface area contributed by atoms with Crippen molar-refractivity contribution >= 4 is 23.2 Å². The minimum absolute atomic E-state index is 0.296. The van der Waals surface area contributed by atoms with Crippen LogP contribution in [0.25, 0.3) is 0 Å². The lowest BCUT2D eigenvalue weighted by molar-refractivity contribution is 0.138. The molecule has 1 saturated carbocycles. The van der Waals surface area contributed by atoms with Gasteiger partial charge >= 0.3 is 0 Å². The van der Waals surface area contributed by atoms with Crippen molar-refractivity contribution in [1.82, 2.24) is 0 Å². The average molecular weight is 258 g/mol. The standard InChI is InChI=1S/C13H17Cl2N/c1-2-4-9-7-13(16,8-9)12-10(14)5-3-6-11(12)15/h3,5-6,9H,2,4,7-8,16H2,1H3. The molecule has 1 nitrogen and oxygen atoms in total. The van der Waals surface area contributed by atoms with E-state index in [1.807, 2.05) is 18.2 Å². The Morgan fingerprint density at radius 3 is 2.38 bits per heavy atom. The maximum absolute atomic E-state index is 6.38.